The molecule has 1 N–H and O–H groups in total. The number of amides is 1. The smallest absolute Gasteiger partial charge is 0.355 e. The van der Waals surface area contributed by atoms with Crippen molar-refractivity contribution >= 4 is 23.0 Å². The molecule has 0 spiro atoms. The maximum Gasteiger partial charge on any atom is 0.355 e. The Bertz CT molecular complexity index is 801. The third-order valence-corrected chi connectivity index (χ3v) is 5.08. The maximum atomic E-state index is 12.9. The maximum absolute atomic E-state index is 12.9. The topological polar surface area (TPSA) is 82.7 Å². The van der Waals surface area contributed by atoms with Crippen molar-refractivity contribution in [3.63, 3.8) is 0 Å². The fourth-order valence-corrected chi connectivity index (χ4v) is 3.61. The van der Waals surface area contributed by atoms with Gasteiger partial charge in [0.05, 0.1) is 17.9 Å². The Labute approximate surface area is 165 Å². The van der Waals surface area contributed by atoms with Crippen molar-refractivity contribution in [1.29, 1.82) is 0 Å². The Hall–Kier alpha value is -2.28. The lowest BCUT2D eigenvalue weighted by Gasteiger charge is -2.20. The second-order valence-electron chi connectivity index (χ2n) is 7.58. The van der Waals surface area contributed by atoms with E-state index in [1.807, 2.05) is 31.4 Å². The van der Waals surface area contributed by atoms with Crippen molar-refractivity contribution in [3.8, 4) is 0 Å². The van der Waals surface area contributed by atoms with Crippen LogP contribution in [0.1, 0.15) is 69.4 Å². The number of carbonyl (C=O) groups is 2. The summed E-state index contributed by atoms with van der Waals surface area (Å²) in [6, 6.07) is 3.56. The lowest BCUT2D eigenvalue weighted by Crippen LogP contribution is -2.41. The first kappa shape index (κ1) is 20.5. The molecule has 0 bridgehead atoms. The van der Waals surface area contributed by atoms with Crippen LogP contribution in [0.2, 0.25) is 0 Å². The SMILES string of the molecule is CCCC[C@H](OC(=O)c1cc2occc2n1C(C)C)C(=O)NC[C@H]1CCCO1. The number of nitrogens with one attached hydrogen (secondary N) is 1. The van der Waals surface area contributed by atoms with Gasteiger partial charge in [0.2, 0.25) is 0 Å². The number of nitrogens with zero attached hydrogens (tertiary/aromatic N) is 1. The molecule has 1 aliphatic rings. The second-order valence-corrected chi connectivity index (χ2v) is 7.58. The van der Waals surface area contributed by atoms with E-state index in [9.17, 15) is 9.59 Å². The summed E-state index contributed by atoms with van der Waals surface area (Å²) >= 11 is 0. The van der Waals surface area contributed by atoms with Crippen molar-refractivity contribution in [2.45, 2.75) is 71.1 Å². The molecule has 2 aromatic heterocycles. The zero-order valence-corrected chi connectivity index (χ0v) is 16.9. The summed E-state index contributed by atoms with van der Waals surface area (Å²) in [5, 5.41) is 2.88. The first-order valence-electron chi connectivity index (χ1n) is 10.2. The van der Waals surface area contributed by atoms with Crippen LogP contribution in [0.5, 0.6) is 0 Å². The molecule has 0 aromatic carbocycles. The van der Waals surface area contributed by atoms with E-state index in [1.54, 1.807) is 12.3 Å². The first-order chi connectivity index (χ1) is 13.5. The number of carbonyl (C=O) groups excluding carboxylic acids is 2. The van der Waals surface area contributed by atoms with E-state index in [0.717, 1.165) is 37.8 Å². The van der Waals surface area contributed by atoms with Gasteiger partial charge < -0.3 is 23.8 Å². The van der Waals surface area contributed by atoms with Gasteiger partial charge in [0.25, 0.3) is 5.91 Å². The normalized spacial score (nSPS) is 17.9. The van der Waals surface area contributed by atoms with Gasteiger partial charge in [-0.1, -0.05) is 13.3 Å². The molecule has 3 rings (SSSR count). The van der Waals surface area contributed by atoms with Crippen LogP contribution in [-0.4, -0.2) is 41.8 Å². The number of hydrogen-bond donors (Lipinski definition) is 1. The zero-order chi connectivity index (χ0) is 20.1. The molecule has 1 saturated heterocycles. The number of furan rings is 1. The Kier molecular flexibility index (Phi) is 6.78. The molecule has 28 heavy (non-hydrogen) atoms. The van der Waals surface area contributed by atoms with Gasteiger partial charge in [0.15, 0.2) is 11.7 Å². The number of ether oxygens (including phenoxy) is 2. The average molecular weight is 390 g/mol. The summed E-state index contributed by atoms with van der Waals surface area (Å²) in [5.74, 6) is -0.767. The Balaban J connectivity index is 1.70. The molecule has 154 valence electrons. The minimum absolute atomic E-state index is 0.0524. The predicted octanol–water partition coefficient (Wildman–Crippen LogP) is 3.83. The van der Waals surface area contributed by atoms with Gasteiger partial charge in [0.1, 0.15) is 5.69 Å². The van der Waals surface area contributed by atoms with Crippen LogP contribution in [0.3, 0.4) is 0 Å². The third kappa shape index (κ3) is 4.58. The number of fused-ring (bicyclic) bond motifs is 1. The molecule has 1 fully saturated rings. The zero-order valence-electron chi connectivity index (χ0n) is 16.9. The van der Waals surface area contributed by atoms with E-state index < -0.39 is 12.1 Å². The third-order valence-electron chi connectivity index (χ3n) is 5.08. The molecule has 7 nitrogen and oxygen atoms in total. The Morgan fingerprint density at radius 2 is 2.21 bits per heavy atom. The lowest BCUT2D eigenvalue weighted by molar-refractivity contribution is -0.130. The lowest BCUT2D eigenvalue weighted by atomic mass is 10.1. The summed E-state index contributed by atoms with van der Waals surface area (Å²) in [4.78, 5) is 25.5. The summed E-state index contributed by atoms with van der Waals surface area (Å²) in [6.07, 6.45) is 5.02. The van der Waals surface area contributed by atoms with Gasteiger partial charge in [-0.05, 0) is 39.5 Å². The molecular weight excluding hydrogens is 360 g/mol. The quantitative estimate of drug-likeness (QED) is 0.658. The molecule has 7 heteroatoms. The highest BCUT2D eigenvalue weighted by molar-refractivity contribution is 5.95. The number of hydrogen-bond acceptors (Lipinski definition) is 5. The van der Waals surface area contributed by atoms with Crippen LogP contribution < -0.4 is 5.32 Å². The number of esters is 1. The van der Waals surface area contributed by atoms with Crippen LogP contribution in [0.25, 0.3) is 11.1 Å². The van der Waals surface area contributed by atoms with E-state index in [-0.39, 0.29) is 18.1 Å². The molecule has 2 aromatic rings. The number of aromatic nitrogens is 1. The first-order valence-corrected chi connectivity index (χ1v) is 10.2. The summed E-state index contributed by atoms with van der Waals surface area (Å²) < 4.78 is 18.5. The Morgan fingerprint density at radius 3 is 2.89 bits per heavy atom. The predicted molar refractivity (Wildman–Crippen MR) is 105 cm³/mol. The van der Waals surface area contributed by atoms with Crippen molar-refractivity contribution in [1.82, 2.24) is 9.88 Å². The van der Waals surface area contributed by atoms with Crippen LogP contribution in [0.15, 0.2) is 22.8 Å². The van der Waals surface area contributed by atoms with E-state index >= 15 is 0 Å². The van der Waals surface area contributed by atoms with Gasteiger partial charge in [0, 0.05) is 31.3 Å². The minimum Gasteiger partial charge on any atom is -0.463 e. The van der Waals surface area contributed by atoms with Gasteiger partial charge in [-0.15, -0.1) is 0 Å². The van der Waals surface area contributed by atoms with E-state index in [1.165, 1.54) is 0 Å². The van der Waals surface area contributed by atoms with Crippen LogP contribution in [0.4, 0.5) is 0 Å². The van der Waals surface area contributed by atoms with Crippen LogP contribution >= 0.6 is 0 Å². The van der Waals surface area contributed by atoms with E-state index in [2.05, 4.69) is 5.32 Å². The molecule has 0 aliphatic carbocycles. The molecule has 0 unspecified atom stereocenters. The van der Waals surface area contributed by atoms with Crippen molar-refractivity contribution in [2.75, 3.05) is 13.2 Å². The number of rotatable bonds is 9. The highest BCUT2D eigenvalue weighted by atomic mass is 16.5. The van der Waals surface area contributed by atoms with Gasteiger partial charge in [-0.3, -0.25) is 4.79 Å². The summed E-state index contributed by atoms with van der Waals surface area (Å²) in [6.45, 7) is 7.22. The molecular formula is C21H30N2O5. The van der Waals surface area contributed by atoms with Crippen molar-refractivity contribution < 1.29 is 23.5 Å². The van der Waals surface area contributed by atoms with Gasteiger partial charge in [-0.25, -0.2) is 4.79 Å². The van der Waals surface area contributed by atoms with Gasteiger partial charge in [-0.2, -0.15) is 0 Å². The molecule has 1 aliphatic heterocycles. The van der Waals surface area contributed by atoms with Crippen molar-refractivity contribution in [3.05, 3.63) is 24.1 Å². The highest BCUT2D eigenvalue weighted by Gasteiger charge is 2.27. The highest BCUT2D eigenvalue weighted by Crippen LogP contribution is 2.26. The average Bonchev–Trinajstić information content (AvgIpc) is 3.39. The summed E-state index contributed by atoms with van der Waals surface area (Å²) in [5.41, 5.74) is 1.88. The fraction of sp³-hybridized carbons (Fsp3) is 0.619. The molecule has 3 heterocycles. The second kappa shape index (κ2) is 9.28. The van der Waals surface area contributed by atoms with E-state index in [4.69, 9.17) is 13.9 Å². The molecule has 2 atom stereocenters. The summed E-state index contributed by atoms with van der Waals surface area (Å²) in [7, 11) is 0. The monoisotopic (exact) mass is 390 g/mol. The number of unbranched alkanes of at least 4 members (excludes halogenated alkanes) is 1. The van der Waals surface area contributed by atoms with E-state index in [0.29, 0.717) is 24.2 Å². The largest absolute Gasteiger partial charge is 0.463 e. The van der Waals surface area contributed by atoms with Crippen molar-refractivity contribution in [2.24, 2.45) is 0 Å². The fourth-order valence-electron chi connectivity index (χ4n) is 3.61. The standard InChI is InChI=1S/C21H30N2O5/c1-4-5-8-18(20(24)22-13-15-7-6-10-26-15)28-21(25)17-12-19-16(9-11-27-19)23(17)14(2)3/h9,11-12,14-15,18H,4-8,10,13H2,1-3H3,(H,22,24)/t15-,18+/m1/s1. The van der Waals surface area contributed by atoms with Gasteiger partial charge >= 0.3 is 5.97 Å². The van der Waals surface area contributed by atoms with Crippen LogP contribution in [0, 0.1) is 0 Å². The Morgan fingerprint density at radius 1 is 1.39 bits per heavy atom. The molecule has 0 saturated carbocycles. The molecule has 1 amide bonds. The minimum atomic E-state index is -0.810. The van der Waals surface area contributed by atoms with Crippen LogP contribution in [-0.2, 0) is 14.3 Å². The molecule has 0 radical (unpaired) electrons.